The molecular weight excluding hydrogens is 374 g/mol. The summed E-state index contributed by atoms with van der Waals surface area (Å²) in [6, 6.07) is 28.9. The molecule has 2 nitrogen and oxygen atoms in total. The second kappa shape index (κ2) is 9.40. The third-order valence-corrected chi connectivity index (χ3v) is 4.64. The fourth-order valence-corrected chi connectivity index (χ4v) is 3.10. The highest BCUT2D eigenvalue weighted by Crippen LogP contribution is 2.25. The van der Waals surface area contributed by atoms with Crippen LogP contribution < -0.4 is 10.1 Å². The number of halogens is 1. The van der Waals surface area contributed by atoms with Crippen molar-refractivity contribution in [3.63, 3.8) is 0 Å². The topological polar surface area (TPSA) is 21.3 Å². The molecule has 0 bridgehead atoms. The van der Waals surface area contributed by atoms with Gasteiger partial charge in [-0.3, -0.25) is 0 Å². The molecular formula is C22H22BrNO. The van der Waals surface area contributed by atoms with Crippen molar-refractivity contribution < 1.29 is 4.74 Å². The minimum absolute atomic E-state index is 0.0600. The van der Waals surface area contributed by atoms with Gasteiger partial charge in [-0.25, -0.2) is 0 Å². The van der Waals surface area contributed by atoms with Gasteiger partial charge in [0.2, 0.25) is 0 Å². The van der Waals surface area contributed by atoms with E-state index in [4.69, 9.17) is 4.74 Å². The van der Waals surface area contributed by atoms with Gasteiger partial charge in [0.1, 0.15) is 11.9 Å². The Bertz CT molecular complexity index is 761. The van der Waals surface area contributed by atoms with Crippen LogP contribution in [0.25, 0.3) is 0 Å². The molecule has 1 unspecified atom stereocenters. The number of ether oxygens (including phenoxy) is 1. The lowest BCUT2D eigenvalue weighted by Crippen LogP contribution is -2.33. The van der Waals surface area contributed by atoms with Crippen molar-refractivity contribution in [2.45, 2.75) is 19.1 Å². The minimum Gasteiger partial charge on any atom is -0.488 e. The smallest absolute Gasteiger partial charge is 0.133 e. The average molecular weight is 396 g/mol. The number of nitrogens with one attached hydrogen (secondary N) is 1. The third kappa shape index (κ3) is 5.73. The Kier molecular flexibility index (Phi) is 6.66. The fraction of sp³-hybridized carbons (Fsp3) is 0.182. The summed E-state index contributed by atoms with van der Waals surface area (Å²) in [7, 11) is 0. The third-order valence-electron chi connectivity index (χ3n) is 3.98. The maximum atomic E-state index is 6.28. The van der Waals surface area contributed by atoms with Crippen molar-refractivity contribution in [3.8, 4) is 5.75 Å². The number of hydrogen-bond donors (Lipinski definition) is 1. The van der Waals surface area contributed by atoms with E-state index in [-0.39, 0.29) is 6.10 Å². The van der Waals surface area contributed by atoms with Crippen molar-refractivity contribution in [3.05, 3.63) is 101 Å². The second-order valence-electron chi connectivity index (χ2n) is 5.98. The Labute approximate surface area is 158 Å². The summed E-state index contributed by atoms with van der Waals surface area (Å²) >= 11 is 3.57. The summed E-state index contributed by atoms with van der Waals surface area (Å²) in [5.41, 5.74) is 2.56. The Morgan fingerprint density at radius 2 is 1.36 bits per heavy atom. The largest absolute Gasteiger partial charge is 0.488 e. The first-order valence-corrected chi connectivity index (χ1v) is 9.30. The average Bonchev–Trinajstić information content (AvgIpc) is 2.65. The summed E-state index contributed by atoms with van der Waals surface area (Å²) < 4.78 is 7.26. The van der Waals surface area contributed by atoms with E-state index >= 15 is 0 Å². The Balaban J connectivity index is 1.64. The van der Waals surface area contributed by atoms with Crippen LogP contribution in [0.2, 0.25) is 0 Å². The zero-order valence-electron chi connectivity index (χ0n) is 14.1. The van der Waals surface area contributed by atoms with Gasteiger partial charge < -0.3 is 10.1 Å². The lowest BCUT2D eigenvalue weighted by atomic mass is 10.1. The van der Waals surface area contributed by atoms with Crippen LogP contribution in [0, 0.1) is 0 Å². The molecule has 25 heavy (non-hydrogen) atoms. The molecule has 0 radical (unpaired) electrons. The van der Waals surface area contributed by atoms with Crippen molar-refractivity contribution in [2.24, 2.45) is 0 Å². The van der Waals surface area contributed by atoms with Crippen LogP contribution in [0.5, 0.6) is 5.75 Å². The Morgan fingerprint density at radius 3 is 2.04 bits per heavy atom. The van der Waals surface area contributed by atoms with Gasteiger partial charge in [-0.2, -0.15) is 0 Å². The molecule has 0 spiro atoms. The molecule has 0 saturated heterocycles. The molecule has 0 fully saturated rings. The summed E-state index contributed by atoms with van der Waals surface area (Å²) in [6.07, 6.45) is 0.925. The lowest BCUT2D eigenvalue weighted by molar-refractivity contribution is 0.196. The number of para-hydroxylation sites is 1. The van der Waals surface area contributed by atoms with E-state index in [1.54, 1.807) is 0 Å². The first-order valence-electron chi connectivity index (χ1n) is 8.51. The van der Waals surface area contributed by atoms with E-state index < -0.39 is 0 Å². The zero-order valence-corrected chi connectivity index (χ0v) is 15.7. The molecule has 0 aliphatic rings. The van der Waals surface area contributed by atoms with Gasteiger partial charge in [0.05, 0.1) is 4.47 Å². The normalized spacial score (nSPS) is 11.9. The summed E-state index contributed by atoms with van der Waals surface area (Å²) in [6.45, 7) is 1.62. The van der Waals surface area contributed by atoms with Crippen LogP contribution in [-0.2, 0) is 13.0 Å². The van der Waals surface area contributed by atoms with E-state index in [1.165, 1.54) is 11.1 Å². The van der Waals surface area contributed by atoms with Crippen LogP contribution in [0.1, 0.15) is 11.1 Å². The highest BCUT2D eigenvalue weighted by atomic mass is 79.9. The molecule has 3 aromatic carbocycles. The molecule has 3 aromatic rings. The van der Waals surface area contributed by atoms with Crippen molar-refractivity contribution >= 4 is 15.9 Å². The Morgan fingerprint density at radius 1 is 0.760 bits per heavy atom. The number of benzene rings is 3. The van der Waals surface area contributed by atoms with Crippen LogP contribution in [0.15, 0.2) is 89.4 Å². The van der Waals surface area contributed by atoms with Crippen LogP contribution in [0.4, 0.5) is 0 Å². The first kappa shape index (κ1) is 17.7. The van der Waals surface area contributed by atoms with E-state index in [0.717, 1.165) is 29.7 Å². The van der Waals surface area contributed by atoms with Gasteiger partial charge in [0.15, 0.2) is 0 Å². The standard InChI is InChI=1S/C22H22BrNO/c23-21-13-7-8-14-22(21)25-20(15-18-9-3-1-4-10-18)17-24-16-19-11-5-2-6-12-19/h1-14,20,24H,15-17H2. The molecule has 0 saturated carbocycles. The number of hydrogen-bond acceptors (Lipinski definition) is 2. The zero-order chi connectivity index (χ0) is 17.3. The predicted octanol–water partition coefficient (Wildman–Crippen LogP) is 5.23. The molecule has 0 aromatic heterocycles. The predicted molar refractivity (Wildman–Crippen MR) is 107 cm³/mol. The molecule has 3 heteroatoms. The number of rotatable bonds is 8. The van der Waals surface area contributed by atoms with Gasteiger partial charge >= 0.3 is 0 Å². The van der Waals surface area contributed by atoms with Crippen molar-refractivity contribution in [1.29, 1.82) is 0 Å². The molecule has 3 rings (SSSR count). The fourth-order valence-electron chi connectivity index (χ4n) is 2.73. The van der Waals surface area contributed by atoms with Gasteiger partial charge in [-0.1, -0.05) is 72.8 Å². The van der Waals surface area contributed by atoms with Crippen LogP contribution in [-0.4, -0.2) is 12.6 Å². The van der Waals surface area contributed by atoms with Crippen molar-refractivity contribution in [1.82, 2.24) is 5.32 Å². The van der Waals surface area contributed by atoms with E-state index in [1.807, 2.05) is 36.4 Å². The van der Waals surface area contributed by atoms with E-state index in [9.17, 15) is 0 Å². The first-order chi connectivity index (χ1) is 12.3. The molecule has 0 aliphatic heterocycles. The highest BCUT2D eigenvalue weighted by Gasteiger charge is 2.13. The van der Waals surface area contributed by atoms with Gasteiger partial charge in [0.25, 0.3) is 0 Å². The molecule has 0 heterocycles. The highest BCUT2D eigenvalue weighted by molar-refractivity contribution is 9.10. The molecule has 0 aliphatic carbocycles. The Hall–Kier alpha value is -2.10. The van der Waals surface area contributed by atoms with Gasteiger partial charge in [-0.05, 0) is 39.2 Å². The molecule has 1 N–H and O–H groups in total. The monoisotopic (exact) mass is 395 g/mol. The van der Waals surface area contributed by atoms with Crippen molar-refractivity contribution in [2.75, 3.05) is 6.54 Å². The maximum absolute atomic E-state index is 6.28. The molecule has 128 valence electrons. The summed E-state index contributed by atoms with van der Waals surface area (Å²) in [5, 5.41) is 3.52. The van der Waals surface area contributed by atoms with Gasteiger partial charge in [-0.15, -0.1) is 0 Å². The summed E-state index contributed by atoms with van der Waals surface area (Å²) in [4.78, 5) is 0. The summed E-state index contributed by atoms with van der Waals surface area (Å²) in [5.74, 6) is 0.880. The maximum Gasteiger partial charge on any atom is 0.133 e. The van der Waals surface area contributed by atoms with E-state index in [2.05, 4.69) is 69.8 Å². The van der Waals surface area contributed by atoms with Gasteiger partial charge in [0, 0.05) is 19.5 Å². The van der Waals surface area contributed by atoms with Crippen LogP contribution in [0.3, 0.4) is 0 Å². The quantitative estimate of drug-likeness (QED) is 0.563. The SMILES string of the molecule is Brc1ccccc1OC(CNCc1ccccc1)Cc1ccccc1. The lowest BCUT2D eigenvalue weighted by Gasteiger charge is -2.21. The van der Waals surface area contributed by atoms with Crippen LogP contribution >= 0.6 is 15.9 Å². The van der Waals surface area contributed by atoms with E-state index in [0.29, 0.717) is 0 Å². The second-order valence-corrected chi connectivity index (χ2v) is 6.83. The minimum atomic E-state index is 0.0600. The molecule has 0 amide bonds. The molecule has 1 atom stereocenters.